The molecule has 1 aromatic rings. The highest BCUT2D eigenvalue weighted by Crippen LogP contribution is 2.26. The number of hydrogen-bond acceptors (Lipinski definition) is 0. The average Bonchev–Trinajstić information content (AvgIpc) is 2.16. The van der Waals surface area contributed by atoms with Crippen molar-refractivity contribution in [1.29, 1.82) is 0 Å². The molecule has 1 rings (SSSR count). The van der Waals surface area contributed by atoms with Gasteiger partial charge in [-0.2, -0.15) is 0 Å². The van der Waals surface area contributed by atoms with Crippen LogP contribution in [0.2, 0.25) is 6.04 Å². The number of rotatable bonds is 3. The smallest absolute Gasteiger partial charge is 0.126 e. The van der Waals surface area contributed by atoms with Gasteiger partial charge in [0.25, 0.3) is 0 Å². The van der Waals surface area contributed by atoms with E-state index < -0.39 is 6.00 Å². The minimum atomic E-state index is -2.29. The molecular formula is C10H14BrCl3Si. The Kier molecular flexibility index (Phi) is 9.35. The Balaban J connectivity index is 0.000000262. The van der Waals surface area contributed by atoms with Crippen LogP contribution in [0, 0.1) is 6.92 Å². The lowest BCUT2D eigenvalue weighted by molar-refractivity contribution is 1.10. The lowest BCUT2D eigenvalue weighted by Gasteiger charge is -2.03. The highest BCUT2D eigenvalue weighted by molar-refractivity contribution is 9.09. The van der Waals surface area contributed by atoms with E-state index >= 15 is 0 Å². The molecule has 0 atom stereocenters. The van der Waals surface area contributed by atoms with Crippen molar-refractivity contribution < 1.29 is 0 Å². The first-order valence-corrected chi connectivity index (χ1v) is 11.0. The summed E-state index contributed by atoms with van der Waals surface area (Å²) in [5.41, 5.74) is 1.32. The standard InChI is InChI=1S/C7H8.C3H6BrCl3Si/c1-7-5-3-2-4-6-7;4-2-1-3-8(5,6)7/h2-6H,1H3;1-3H2. The Morgan fingerprint density at radius 3 is 1.87 bits per heavy atom. The van der Waals surface area contributed by atoms with Gasteiger partial charge in [0, 0.05) is 5.33 Å². The van der Waals surface area contributed by atoms with Crippen LogP contribution in [0.5, 0.6) is 0 Å². The molecule has 0 saturated carbocycles. The van der Waals surface area contributed by atoms with E-state index in [4.69, 9.17) is 33.2 Å². The van der Waals surface area contributed by atoms with Crippen LogP contribution in [0.4, 0.5) is 0 Å². The average molecular weight is 349 g/mol. The predicted octanol–water partition coefficient (Wildman–Crippen LogP) is 5.42. The number of hydrogen-bond donors (Lipinski definition) is 0. The molecule has 0 aromatic heterocycles. The van der Waals surface area contributed by atoms with E-state index in [1.807, 2.05) is 18.2 Å². The van der Waals surface area contributed by atoms with Gasteiger partial charge in [-0.1, -0.05) is 51.8 Å². The van der Waals surface area contributed by atoms with Gasteiger partial charge in [0.15, 0.2) is 0 Å². The van der Waals surface area contributed by atoms with E-state index in [1.165, 1.54) is 5.56 Å². The number of alkyl halides is 1. The molecule has 0 radical (unpaired) electrons. The van der Waals surface area contributed by atoms with Crippen LogP contribution in [0.15, 0.2) is 30.3 Å². The monoisotopic (exact) mass is 346 g/mol. The van der Waals surface area contributed by atoms with Crippen molar-refractivity contribution in [3.05, 3.63) is 35.9 Å². The quantitative estimate of drug-likeness (QED) is 0.388. The summed E-state index contributed by atoms with van der Waals surface area (Å²) in [5, 5.41) is 0.925. The number of halogens is 4. The van der Waals surface area contributed by atoms with Crippen molar-refractivity contribution in [2.75, 3.05) is 5.33 Å². The van der Waals surface area contributed by atoms with Gasteiger partial charge in [-0.15, -0.1) is 33.2 Å². The second-order valence-corrected chi connectivity index (χ2v) is 13.1. The summed E-state index contributed by atoms with van der Waals surface area (Å²) in [4.78, 5) is 0. The summed E-state index contributed by atoms with van der Waals surface area (Å²) in [6.45, 7) is 2.08. The summed E-state index contributed by atoms with van der Waals surface area (Å²) < 4.78 is 0. The van der Waals surface area contributed by atoms with Crippen molar-refractivity contribution in [2.24, 2.45) is 0 Å². The topological polar surface area (TPSA) is 0 Å². The minimum absolute atomic E-state index is 0.753. The van der Waals surface area contributed by atoms with Gasteiger partial charge in [-0.25, -0.2) is 0 Å². The van der Waals surface area contributed by atoms with Crippen LogP contribution in [0.25, 0.3) is 0 Å². The Morgan fingerprint density at radius 1 is 1.13 bits per heavy atom. The fourth-order valence-corrected chi connectivity index (χ4v) is 3.38. The van der Waals surface area contributed by atoms with Gasteiger partial charge < -0.3 is 0 Å². The van der Waals surface area contributed by atoms with E-state index in [9.17, 15) is 0 Å². The van der Waals surface area contributed by atoms with Crippen LogP contribution < -0.4 is 0 Å². The molecule has 0 bridgehead atoms. The van der Waals surface area contributed by atoms with E-state index in [1.54, 1.807) is 0 Å². The minimum Gasteiger partial charge on any atom is -0.126 e. The number of benzene rings is 1. The van der Waals surface area contributed by atoms with Gasteiger partial charge in [0.1, 0.15) is 0 Å². The Hall–Kier alpha value is 0.787. The third-order valence-electron chi connectivity index (χ3n) is 1.53. The lowest BCUT2D eigenvalue weighted by atomic mass is 10.2. The van der Waals surface area contributed by atoms with E-state index in [0.717, 1.165) is 17.8 Å². The van der Waals surface area contributed by atoms with Crippen molar-refractivity contribution in [3.63, 3.8) is 0 Å². The molecule has 5 heteroatoms. The van der Waals surface area contributed by atoms with Crippen LogP contribution in [0.1, 0.15) is 12.0 Å². The molecule has 0 saturated heterocycles. The van der Waals surface area contributed by atoms with Crippen LogP contribution in [-0.4, -0.2) is 11.3 Å². The summed E-state index contributed by atoms with van der Waals surface area (Å²) in [5.74, 6) is 0. The highest BCUT2D eigenvalue weighted by Gasteiger charge is 2.23. The van der Waals surface area contributed by atoms with Gasteiger partial charge >= 0.3 is 6.00 Å². The Labute approximate surface area is 115 Å². The highest BCUT2D eigenvalue weighted by atomic mass is 79.9. The molecule has 1 aromatic carbocycles. The predicted molar refractivity (Wildman–Crippen MR) is 77.7 cm³/mol. The Bertz CT molecular complexity index is 249. The molecule has 0 spiro atoms. The second kappa shape index (κ2) is 8.88. The van der Waals surface area contributed by atoms with Crippen LogP contribution in [-0.2, 0) is 0 Å². The zero-order valence-electron chi connectivity index (χ0n) is 8.52. The summed E-state index contributed by atoms with van der Waals surface area (Å²) in [6, 6.07) is 8.72. The molecule has 0 heterocycles. The largest absolute Gasteiger partial charge is 0.341 e. The zero-order valence-corrected chi connectivity index (χ0v) is 13.4. The number of aryl methyl sites for hydroxylation is 1. The first-order valence-electron chi connectivity index (χ1n) is 4.60. The van der Waals surface area contributed by atoms with Crippen LogP contribution in [0.3, 0.4) is 0 Å². The molecule has 0 amide bonds. The van der Waals surface area contributed by atoms with Crippen molar-refractivity contribution in [2.45, 2.75) is 19.4 Å². The molecule has 0 unspecified atom stereocenters. The molecule has 0 aliphatic rings. The first-order chi connectivity index (χ1) is 6.95. The van der Waals surface area contributed by atoms with E-state index in [2.05, 4.69) is 35.0 Å². The first kappa shape index (κ1) is 15.8. The second-order valence-electron chi connectivity index (χ2n) is 3.06. The maximum atomic E-state index is 5.56. The fourth-order valence-electron chi connectivity index (χ4n) is 0.802. The maximum absolute atomic E-state index is 5.56. The molecule has 15 heavy (non-hydrogen) atoms. The molecule has 0 fully saturated rings. The summed E-state index contributed by atoms with van der Waals surface area (Å²) in [7, 11) is 0. The molecular weight excluding hydrogens is 334 g/mol. The molecule has 0 nitrogen and oxygen atoms in total. The molecule has 0 N–H and O–H groups in total. The summed E-state index contributed by atoms with van der Waals surface area (Å²) >= 11 is 19.9. The van der Waals surface area contributed by atoms with Crippen molar-refractivity contribution in [1.82, 2.24) is 0 Å². The maximum Gasteiger partial charge on any atom is 0.341 e. The van der Waals surface area contributed by atoms with Gasteiger partial charge in [0.05, 0.1) is 0 Å². The normalized spacial score (nSPS) is 10.5. The Morgan fingerprint density at radius 2 is 1.67 bits per heavy atom. The molecule has 86 valence electrons. The van der Waals surface area contributed by atoms with Gasteiger partial charge in [-0.05, 0) is 19.4 Å². The third-order valence-corrected chi connectivity index (χ3v) is 4.72. The fraction of sp³-hybridized carbons (Fsp3) is 0.400. The lowest BCUT2D eigenvalue weighted by Crippen LogP contribution is -2.07. The van der Waals surface area contributed by atoms with Crippen molar-refractivity contribution in [3.8, 4) is 0 Å². The molecule has 0 aliphatic carbocycles. The van der Waals surface area contributed by atoms with E-state index in [-0.39, 0.29) is 0 Å². The SMILES string of the molecule is Cc1ccccc1.Cl[Si](Cl)(Cl)CCCBr. The third kappa shape index (κ3) is 12.7. The van der Waals surface area contributed by atoms with E-state index in [0.29, 0.717) is 0 Å². The van der Waals surface area contributed by atoms with Gasteiger partial charge in [0.2, 0.25) is 0 Å². The molecule has 0 aliphatic heterocycles. The summed E-state index contributed by atoms with van der Waals surface area (Å²) in [6.07, 6.45) is 0.961. The van der Waals surface area contributed by atoms with Gasteiger partial charge in [-0.3, -0.25) is 0 Å². The van der Waals surface area contributed by atoms with Crippen LogP contribution >= 0.6 is 49.2 Å². The van der Waals surface area contributed by atoms with Crippen molar-refractivity contribution >= 4 is 55.2 Å². The zero-order chi connectivity index (χ0) is 11.7.